The minimum atomic E-state index is 0.332. The number of hydrogen-bond acceptors (Lipinski definition) is 5. The van der Waals surface area contributed by atoms with E-state index in [2.05, 4.69) is 5.16 Å². The number of allylic oxidation sites excluding steroid dienone is 1. The summed E-state index contributed by atoms with van der Waals surface area (Å²) >= 11 is 0. The second kappa shape index (κ2) is 11.6. The normalized spacial score (nSPS) is 11.6. The van der Waals surface area contributed by atoms with Crippen LogP contribution >= 0.6 is 0 Å². The summed E-state index contributed by atoms with van der Waals surface area (Å²) in [6.07, 6.45) is 3.65. The van der Waals surface area contributed by atoms with Crippen LogP contribution in [0.3, 0.4) is 0 Å². The first-order valence-corrected chi connectivity index (χ1v) is 9.67. The van der Waals surface area contributed by atoms with E-state index in [4.69, 9.17) is 19.3 Å². The van der Waals surface area contributed by atoms with Crippen LogP contribution in [0.15, 0.2) is 90.1 Å². The zero-order valence-electron chi connectivity index (χ0n) is 17.2. The monoisotopic (exact) mass is 403 g/mol. The summed E-state index contributed by atoms with van der Waals surface area (Å²) in [5.41, 5.74) is 3.87. The molecule has 0 saturated carbocycles. The average molecular weight is 403 g/mol. The van der Waals surface area contributed by atoms with Crippen LogP contribution in [0.2, 0.25) is 0 Å². The van der Waals surface area contributed by atoms with E-state index >= 15 is 0 Å². The van der Waals surface area contributed by atoms with Crippen molar-refractivity contribution in [3.8, 4) is 11.5 Å². The Hall–Kier alpha value is -3.41. The summed E-state index contributed by atoms with van der Waals surface area (Å²) in [5.74, 6) is 1.44. The maximum Gasteiger partial charge on any atom is 0.142 e. The molecule has 3 aromatic rings. The molecular weight excluding hydrogens is 378 g/mol. The molecule has 5 heteroatoms. The lowest BCUT2D eigenvalue weighted by Gasteiger charge is -2.13. The van der Waals surface area contributed by atoms with Crippen molar-refractivity contribution in [2.24, 2.45) is 5.16 Å². The fraction of sp³-hybridized carbons (Fsp3) is 0.160. The second-order valence-corrected chi connectivity index (χ2v) is 6.41. The van der Waals surface area contributed by atoms with Crippen LogP contribution in [0.4, 0.5) is 0 Å². The molecule has 154 valence electrons. The van der Waals surface area contributed by atoms with Crippen molar-refractivity contribution in [3.05, 3.63) is 102 Å². The van der Waals surface area contributed by atoms with Crippen LogP contribution in [-0.2, 0) is 21.2 Å². The van der Waals surface area contributed by atoms with Crippen LogP contribution in [0.25, 0.3) is 5.57 Å². The maximum absolute atomic E-state index is 6.15. The first-order valence-electron chi connectivity index (χ1n) is 9.67. The van der Waals surface area contributed by atoms with Gasteiger partial charge in [-0.25, -0.2) is 9.78 Å². The van der Waals surface area contributed by atoms with Crippen LogP contribution in [0, 0.1) is 0 Å². The molecule has 3 rings (SSSR count). The molecule has 0 aliphatic carbocycles. The highest BCUT2D eigenvalue weighted by atomic mass is 17.2. The van der Waals surface area contributed by atoms with Gasteiger partial charge in [-0.05, 0) is 41.8 Å². The highest BCUT2D eigenvalue weighted by Crippen LogP contribution is 2.30. The number of oxime groups is 1. The van der Waals surface area contributed by atoms with Crippen LogP contribution in [-0.4, -0.2) is 19.9 Å². The Labute approximate surface area is 177 Å². The Kier molecular flexibility index (Phi) is 8.21. The molecule has 0 N–H and O–H groups in total. The van der Waals surface area contributed by atoms with Gasteiger partial charge in [-0.2, -0.15) is 0 Å². The SMILES string of the molecule is CC=C(COOC)c1ccccc1Oc1cccc(C=NOCc2ccccc2)c1. The van der Waals surface area contributed by atoms with Gasteiger partial charge in [0.1, 0.15) is 24.7 Å². The standard InChI is InChI=1S/C25H25NO4/c1-3-22(19-29-27-2)24-14-7-8-15-25(24)30-23-13-9-12-21(16-23)17-26-28-18-20-10-5-4-6-11-20/h3-17H,18-19H2,1-2H3. The molecule has 0 spiro atoms. The minimum absolute atomic E-state index is 0.332. The third-order valence-electron chi connectivity index (χ3n) is 4.35. The van der Waals surface area contributed by atoms with E-state index < -0.39 is 0 Å². The van der Waals surface area contributed by atoms with E-state index in [1.165, 1.54) is 7.11 Å². The van der Waals surface area contributed by atoms with Crippen molar-refractivity contribution in [1.29, 1.82) is 0 Å². The fourth-order valence-electron chi connectivity index (χ4n) is 2.83. The van der Waals surface area contributed by atoms with E-state index in [0.29, 0.717) is 19.0 Å². The number of ether oxygens (including phenoxy) is 1. The van der Waals surface area contributed by atoms with E-state index in [1.807, 2.05) is 91.9 Å². The van der Waals surface area contributed by atoms with Crippen LogP contribution in [0.5, 0.6) is 11.5 Å². The summed E-state index contributed by atoms with van der Waals surface area (Å²) in [6, 6.07) is 25.4. The highest BCUT2D eigenvalue weighted by molar-refractivity contribution is 5.80. The Morgan fingerprint density at radius 1 is 0.933 bits per heavy atom. The smallest absolute Gasteiger partial charge is 0.142 e. The molecular formula is C25H25NO4. The van der Waals surface area contributed by atoms with Gasteiger partial charge in [0.2, 0.25) is 0 Å². The molecule has 0 aromatic heterocycles. The number of para-hydroxylation sites is 1. The first kappa shape index (κ1) is 21.3. The molecule has 0 atom stereocenters. The largest absolute Gasteiger partial charge is 0.457 e. The summed E-state index contributed by atoms with van der Waals surface area (Å²) < 4.78 is 6.15. The van der Waals surface area contributed by atoms with Crippen molar-refractivity contribution in [3.63, 3.8) is 0 Å². The predicted molar refractivity (Wildman–Crippen MR) is 118 cm³/mol. The van der Waals surface area contributed by atoms with Crippen molar-refractivity contribution in [2.75, 3.05) is 13.7 Å². The molecule has 0 radical (unpaired) electrons. The van der Waals surface area contributed by atoms with Gasteiger partial charge in [0.05, 0.1) is 13.3 Å². The Morgan fingerprint density at radius 2 is 1.73 bits per heavy atom. The Balaban J connectivity index is 1.67. The molecule has 0 bridgehead atoms. The van der Waals surface area contributed by atoms with Gasteiger partial charge in [-0.15, -0.1) is 0 Å². The number of nitrogens with zero attached hydrogens (tertiary/aromatic N) is 1. The lowest BCUT2D eigenvalue weighted by atomic mass is 10.1. The highest BCUT2D eigenvalue weighted by Gasteiger charge is 2.10. The van der Waals surface area contributed by atoms with Gasteiger partial charge < -0.3 is 9.57 Å². The Morgan fingerprint density at radius 3 is 2.53 bits per heavy atom. The van der Waals surface area contributed by atoms with Crippen molar-refractivity contribution in [2.45, 2.75) is 13.5 Å². The van der Waals surface area contributed by atoms with Gasteiger partial charge in [-0.1, -0.05) is 71.9 Å². The summed E-state index contributed by atoms with van der Waals surface area (Å²) in [5, 5.41) is 4.06. The average Bonchev–Trinajstić information content (AvgIpc) is 2.79. The molecule has 5 nitrogen and oxygen atoms in total. The predicted octanol–water partition coefficient (Wildman–Crippen LogP) is 6.01. The fourth-order valence-corrected chi connectivity index (χ4v) is 2.83. The quantitative estimate of drug-likeness (QED) is 0.236. The lowest BCUT2D eigenvalue weighted by Crippen LogP contribution is -1.99. The molecule has 0 unspecified atom stereocenters. The Bertz CT molecular complexity index is 983. The van der Waals surface area contributed by atoms with E-state index in [1.54, 1.807) is 6.21 Å². The number of benzene rings is 3. The minimum Gasteiger partial charge on any atom is -0.457 e. The van der Waals surface area contributed by atoms with Gasteiger partial charge in [0.15, 0.2) is 0 Å². The molecule has 30 heavy (non-hydrogen) atoms. The molecule has 0 aliphatic rings. The van der Waals surface area contributed by atoms with E-state index in [0.717, 1.165) is 28.0 Å². The number of hydrogen-bond donors (Lipinski definition) is 0. The summed E-state index contributed by atoms with van der Waals surface area (Å²) in [4.78, 5) is 15.2. The molecule has 0 fully saturated rings. The van der Waals surface area contributed by atoms with E-state index in [-0.39, 0.29) is 0 Å². The third kappa shape index (κ3) is 6.30. The van der Waals surface area contributed by atoms with E-state index in [9.17, 15) is 0 Å². The first-order chi connectivity index (χ1) is 14.8. The van der Waals surface area contributed by atoms with Gasteiger partial charge >= 0.3 is 0 Å². The zero-order chi connectivity index (χ0) is 21.0. The van der Waals surface area contributed by atoms with Crippen molar-refractivity contribution in [1.82, 2.24) is 0 Å². The third-order valence-corrected chi connectivity index (χ3v) is 4.35. The molecule has 0 heterocycles. The number of rotatable bonds is 10. The summed E-state index contributed by atoms with van der Waals surface area (Å²) in [6.45, 7) is 2.72. The topological polar surface area (TPSA) is 49.3 Å². The molecule has 3 aromatic carbocycles. The van der Waals surface area contributed by atoms with Crippen molar-refractivity contribution >= 4 is 11.8 Å². The van der Waals surface area contributed by atoms with Gasteiger partial charge in [-0.3, -0.25) is 0 Å². The molecule has 0 aliphatic heterocycles. The zero-order valence-corrected chi connectivity index (χ0v) is 17.2. The summed E-state index contributed by atoms with van der Waals surface area (Å²) in [7, 11) is 1.49. The van der Waals surface area contributed by atoms with Crippen LogP contribution < -0.4 is 4.74 Å². The van der Waals surface area contributed by atoms with Crippen LogP contribution in [0.1, 0.15) is 23.6 Å². The molecule has 0 amide bonds. The second-order valence-electron chi connectivity index (χ2n) is 6.41. The van der Waals surface area contributed by atoms with Gasteiger partial charge in [0.25, 0.3) is 0 Å². The lowest BCUT2D eigenvalue weighted by molar-refractivity contribution is -0.261. The van der Waals surface area contributed by atoms with Crippen molar-refractivity contribution < 1.29 is 19.3 Å². The van der Waals surface area contributed by atoms with Gasteiger partial charge in [0, 0.05) is 5.56 Å². The maximum atomic E-state index is 6.15. The molecule has 0 saturated heterocycles.